The molecule has 0 radical (unpaired) electrons. The highest BCUT2D eigenvalue weighted by Gasteiger charge is 2.31. The lowest BCUT2D eigenvalue weighted by Gasteiger charge is -2.39. The van der Waals surface area contributed by atoms with Crippen molar-refractivity contribution in [2.24, 2.45) is 0 Å². The Balaban J connectivity index is 1.48. The van der Waals surface area contributed by atoms with Gasteiger partial charge in [0.1, 0.15) is 0 Å². The summed E-state index contributed by atoms with van der Waals surface area (Å²) in [5.41, 5.74) is 2.89. The molecule has 0 saturated heterocycles. The van der Waals surface area contributed by atoms with Gasteiger partial charge in [-0.2, -0.15) is 0 Å². The molecule has 1 aromatic carbocycles. The Morgan fingerprint density at radius 1 is 1.00 bits per heavy atom. The van der Waals surface area contributed by atoms with Gasteiger partial charge in [-0.3, -0.25) is 0 Å². The number of aryl methyl sites for hydroxylation is 1. The molecule has 0 aliphatic heterocycles. The van der Waals surface area contributed by atoms with E-state index in [2.05, 4.69) is 48.7 Å². The van der Waals surface area contributed by atoms with Crippen LogP contribution >= 0.6 is 0 Å². The van der Waals surface area contributed by atoms with E-state index >= 15 is 0 Å². The normalized spacial score (nSPS) is 31.1. The van der Waals surface area contributed by atoms with Gasteiger partial charge in [0.05, 0.1) is 0 Å². The predicted octanol–water partition coefficient (Wildman–Crippen LogP) is 3.94. The first-order valence-electron chi connectivity index (χ1n) is 7.29. The molecule has 1 nitrogen and oxygen atoms in total. The predicted molar refractivity (Wildman–Crippen MR) is 76.9 cm³/mol. The Labute approximate surface area is 110 Å². The van der Waals surface area contributed by atoms with Crippen molar-refractivity contribution in [3.63, 3.8) is 0 Å². The van der Waals surface area contributed by atoms with Crippen molar-refractivity contribution in [2.45, 2.75) is 57.0 Å². The van der Waals surface area contributed by atoms with Crippen molar-refractivity contribution in [2.75, 3.05) is 0 Å². The fourth-order valence-electron chi connectivity index (χ4n) is 3.14. The van der Waals surface area contributed by atoms with E-state index in [-0.39, 0.29) is 0 Å². The van der Waals surface area contributed by atoms with Crippen LogP contribution in [0.3, 0.4) is 0 Å². The second kappa shape index (κ2) is 5.27. The largest absolute Gasteiger partial charge is 0.311 e. The van der Waals surface area contributed by atoms with E-state index in [4.69, 9.17) is 0 Å². The van der Waals surface area contributed by atoms with Crippen LogP contribution < -0.4 is 5.32 Å². The standard InChI is InChI=1S/C17H23N/c1-13-7-9-14(10-8-13)15-11-17(12-15)18-16-5-3-2-4-6-16/h2-3,7-10,15-18H,4-6,11-12H2,1H3. The first-order chi connectivity index (χ1) is 8.81. The fraction of sp³-hybridized carbons (Fsp3) is 0.529. The van der Waals surface area contributed by atoms with Crippen LogP contribution in [0.5, 0.6) is 0 Å². The molecule has 0 amide bonds. The smallest absolute Gasteiger partial charge is 0.0107 e. The van der Waals surface area contributed by atoms with E-state index in [9.17, 15) is 0 Å². The van der Waals surface area contributed by atoms with Crippen molar-refractivity contribution >= 4 is 0 Å². The van der Waals surface area contributed by atoms with Gasteiger partial charge in [0, 0.05) is 12.1 Å². The lowest BCUT2D eigenvalue weighted by Crippen LogP contribution is -2.45. The number of nitrogens with one attached hydrogen (secondary N) is 1. The quantitative estimate of drug-likeness (QED) is 0.790. The molecule has 0 bridgehead atoms. The lowest BCUT2D eigenvalue weighted by atomic mass is 9.75. The molecule has 2 aliphatic rings. The minimum Gasteiger partial charge on any atom is -0.311 e. The highest BCUT2D eigenvalue weighted by atomic mass is 15.0. The average molecular weight is 241 g/mol. The maximum atomic E-state index is 3.82. The van der Waals surface area contributed by atoms with Crippen LogP contribution in [0.2, 0.25) is 0 Å². The van der Waals surface area contributed by atoms with Crippen molar-refractivity contribution in [3.05, 3.63) is 47.5 Å². The summed E-state index contributed by atoms with van der Waals surface area (Å²) in [5, 5.41) is 3.82. The number of benzene rings is 1. The monoisotopic (exact) mass is 241 g/mol. The third kappa shape index (κ3) is 2.67. The van der Waals surface area contributed by atoms with Crippen LogP contribution in [-0.2, 0) is 0 Å². The summed E-state index contributed by atoms with van der Waals surface area (Å²) in [7, 11) is 0. The molecule has 1 N–H and O–H groups in total. The van der Waals surface area contributed by atoms with E-state index in [0.29, 0.717) is 0 Å². The zero-order valence-electron chi connectivity index (χ0n) is 11.2. The minimum atomic E-state index is 0.735. The van der Waals surface area contributed by atoms with Crippen LogP contribution in [0.15, 0.2) is 36.4 Å². The van der Waals surface area contributed by atoms with E-state index in [1.807, 2.05) is 0 Å². The van der Waals surface area contributed by atoms with Crippen molar-refractivity contribution < 1.29 is 0 Å². The van der Waals surface area contributed by atoms with Gasteiger partial charge >= 0.3 is 0 Å². The third-order valence-electron chi connectivity index (χ3n) is 4.43. The Morgan fingerprint density at radius 3 is 2.44 bits per heavy atom. The van der Waals surface area contributed by atoms with Gasteiger partial charge in [0.2, 0.25) is 0 Å². The first-order valence-corrected chi connectivity index (χ1v) is 7.29. The molecule has 2 aliphatic carbocycles. The molecule has 3 rings (SSSR count). The molecule has 18 heavy (non-hydrogen) atoms. The molecule has 1 heteroatoms. The highest BCUT2D eigenvalue weighted by molar-refractivity contribution is 5.26. The maximum Gasteiger partial charge on any atom is 0.0107 e. The number of hydrogen-bond acceptors (Lipinski definition) is 1. The number of rotatable bonds is 3. The Bertz CT molecular complexity index is 412. The van der Waals surface area contributed by atoms with Crippen LogP contribution in [-0.4, -0.2) is 12.1 Å². The highest BCUT2D eigenvalue weighted by Crippen LogP contribution is 2.37. The van der Waals surface area contributed by atoms with E-state index in [0.717, 1.165) is 18.0 Å². The van der Waals surface area contributed by atoms with Crippen LogP contribution in [0.1, 0.15) is 49.1 Å². The van der Waals surface area contributed by atoms with Crippen LogP contribution in [0.4, 0.5) is 0 Å². The SMILES string of the molecule is Cc1ccc(C2CC(NC3CC=CCC3)C2)cc1. The summed E-state index contributed by atoms with van der Waals surface area (Å²) >= 11 is 0. The summed E-state index contributed by atoms with van der Waals surface area (Å²) in [5.74, 6) is 0.794. The van der Waals surface area contributed by atoms with Gasteiger partial charge in [0.25, 0.3) is 0 Å². The zero-order chi connectivity index (χ0) is 12.4. The summed E-state index contributed by atoms with van der Waals surface area (Å²) in [6, 6.07) is 10.6. The first kappa shape index (κ1) is 12.0. The average Bonchev–Trinajstić information content (AvgIpc) is 2.36. The summed E-state index contributed by atoms with van der Waals surface area (Å²) in [6.45, 7) is 2.16. The van der Waals surface area contributed by atoms with E-state index in [1.54, 1.807) is 0 Å². The lowest BCUT2D eigenvalue weighted by molar-refractivity contribution is 0.257. The van der Waals surface area contributed by atoms with Gasteiger partial charge in [-0.15, -0.1) is 0 Å². The molecule has 0 aromatic heterocycles. The van der Waals surface area contributed by atoms with Gasteiger partial charge in [-0.1, -0.05) is 42.0 Å². The maximum absolute atomic E-state index is 3.82. The summed E-state index contributed by atoms with van der Waals surface area (Å²) in [4.78, 5) is 0. The topological polar surface area (TPSA) is 12.0 Å². The summed E-state index contributed by atoms with van der Waals surface area (Å²) in [6.07, 6.45) is 11.1. The molecule has 96 valence electrons. The van der Waals surface area contributed by atoms with Crippen molar-refractivity contribution in [3.8, 4) is 0 Å². The molecule has 0 heterocycles. The van der Waals surface area contributed by atoms with Crippen LogP contribution in [0, 0.1) is 6.92 Å². The molecule has 1 saturated carbocycles. The van der Waals surface area contributed by atoms with Gasteiger partial charge in [-0.05, 0) is 50.5 Å². The van der Waals surface area contributed by atoms with Crippen LogP contribution in [0.25, 0.3) is 0 Å². The van der Waals surface area contributed by atoms with Gasteiger partial charge in [0.15, 0.2) is 0 Å². The van der Waals surface area contributed by atoms with Crippen molar-refractivity contribution in [1.82, 2.24) is 5.32 Å². The Hall–Kier alpha value is -1.08. The molecule has 1 atom stereocenters. The fourth-order valence-corrected chi connectivity index (χ4v) is 3.14. The second-order valence-corrected chi connectivity index (χ2v) is 5.92. The third-order valence-corrected chi connectivity index (χ3v) is 4.43. The van der Waals surface area contributed by atoms with E-state index < -0.39 is 0 Å². The number of hydrogen-bond donors (Lipinski definition) is 1. The molecular weight excluding hydrogens is 218 g/mol. The zero-order valence-corrected chi connectivity index (χ0v) is 11.2. The minimum absolute atomic E-state index is 0.735. The molecule has 0 spiro atoms. The molecule has 1 fully saturated rings. The van der Waals surface area contributed by atoms with Gasteiger partial charge < -0.3 is 5.32 Å². The van der Waals surface area contributed by atoms with Crippen molar-refractivity contribution in [1.29, 1.82) is 0 Å². The molecule has 1 unspecified atom stereocenters. The number of allylic oxidation sites excluding steroid dienone is 1. The Morgan fingerprint density at radius 2 is 1.78 bits per heavy atom. The molecule has 1 aromatic rings. The van der Waals surface area contributed by atoms with E-state index in [1.165, 1.54) is 43.2 Å². The van der Waals surface area contributed by atoms with Gasteiger partial charge in [-0.25, -0.2) is 0 Å². The summed E-state index contributed by atoms with van der Waals surface area (Å²) < 4.78 is 0. The second-order valence-electron chi connectivity index (χ2n) is 5.92. The Kier molecular flexibility index (Phi) is 3.51. The molecular formula is C17H23N.